The van der Waals surface area contributed by atoms with E-state index in [2.05, 4.69) is 58.0 Å². The predicted octanol–water partition coefficient (Wildman–Crippen LogP) is 2.03. The molecule has 4 atom stereocenters. The first-order valence-electron chi connectivity index (χ1n) is 12.3. The number of amides is 3. The standard InChI is InChI=1S/C27H30N4O3/c32-25-9-8-24(26(33)29-25)31-15-19-10-18(6-7-22(19)27(31)34)23-11-21-16-30(14-20(23)12-28-21)13-17-4-2-1-3-5-17/h1-7,10,20-21,23-24,28H,8-9,11-16H2,(H,29,32,33). The topological polar surface area (TPSA) is 81.8 Å². The Bertz CT molecular complexity index is 1130. The maximum Gasteiger partial charge on any atom is 0.255 e. The first-order chi connectivity index (χ1) is 16.5. The Morgan fingerprint density at radius 1 is 1.00 bits per heavy atom. The minimum atomic E-state index is -0.564. The van der Waals surface area contributed by atoms with Crippen molar-refractivity contribution in [2.24, 2.45) is 5.92 Å². The first kappa shape index (κ1) is 21.5. The average Bonchev–Trinajstić information content (AvgIpc) is 2.96. The summed E-state index contributed by atoms with van der Waals surface area (Å²) >= 11 is 0. The Hall–Kier alpha value is -3.03. The second-order valence-corrected chi connectivity index (χ2v) is 10.2. The Balaban J connectivity index is 1.19. The third-order valence-corrected chi connectivity index (χ3v) is 7.97. The van der Waals surface area contributed by atoms with Crippen molar-refractivity contribution in [2.75, 3.05) is 19.6 Å². The van der Waals surface area contributed by atoms with Crippen molar-refractivity contribution in [3.05, 3.63) is 70.8 Å². The fourth-order valence-electron chi connectivity index (χ4n) is 6.30. The quantitative estimate of drug-likeness (QED) is 0.686. The largest absolute Gasteiger partial charge is 0.322 e. The molecular formula is C27H30N4O3. The van der Waals surface area contributed by atoms with Crippen LogP contribution in [0.3, 0.4) is 0 Å². The summed E-state index contributed by atoms with van der Waals surface area (Å²) in [5, 5.41) is 6.12. The molecule has 34 heavy (non-hydrogen) atoms. The van der Waals surface area contributed by atoms with E-state index in [9.17, 15) is 14.4 Å². The monoisotopic (exact) mass is 458 g/mol. The smallest absolute Gasteiger partial charge is 0.255 e. The number of nitrogens with one attached hydrogen (secondary N) is 2. The summed E-state index contributed by atoms with van der Waals surface area (Å²) in [5.41, 5.74) is 4.34. The number of rotatable bonds is 4. The van der Waals surface area contributed by atoms with Gasteiger partial charge in [-0.1, -0.05) is 42.5 Å². The highest BCUT2D eigenvalue weighted by atomic mass is 16.2. The summed E-state index contributed by atoms with van der Waals surface area (Å²) in [6, 6.07) is 16.8. The third kappa shape index (κ3) is 3.93. The molecule has 7 heteroatoms. The van der Waals surface area contributed by atoms with Crippen molar-refractivity contribution in [2.45, 2.75) is 50.4 Å². The van der Waals surface area contributed by atoms with Crippen LogP contribution >= 0.6 is 0 Å². The van der Waals surface area contributed by atoms with Gasteiger partial charge in [-0.3, -0.25) is 24.6 Å². The second-order valence-electron chi connectivity index (χ2n) is 10.2. The Labute approximate surface area is 199 Å². The second kappa shape index (κ2) is 8.64. The van der Waals surface area contributed by atoms with Crippen LogP contribution in [0.25, 0.3) is 0 Å². The van der Waals surface area contributed by atoms with Crippen LogP contribution in [0, 0.1) is 5.92 Å². The lowest BCUT2D eigenvalue weighted by Crippen LogP contribution is -2.52. The number of hydrogen-bond donors (Lipinski definition) is 2. The van der Waals surface area contributed by atoms with E-state index >= 15 is 0 Å². The Morgan fingerprint density at radius 2 is 1.85 bits per heavy atom. The van der Waals surface area contributed by atoms with Crippen LogP contribution < -0.4 is 10.6 Å². The van der Waals surface area contributed by atoms with E-state index in [4.69, 9.17) is 0 Å². The summed E-state index contributed by atoms with van der Waals surface area (Å²) < 4.78 is 0. The van der Waals surface area contributed by atoms with Crippen LogP contribution in [0.5, 0.6) is 0 Å². The van der Waals surface area contributed by atoms with E-state index in [1.54, 1.807) is 4.90 Å². The summed E-state index contributed by atoms with van der Waals surface area (Å²) in [7, 11) is 0. The molecule has 2 aromatic carbocycles. The molecule has 4 unspecified atom stereocenters. The first-order valence-corrected chi connectivity index (χ1v) is 12.3. The number of imide groups is 1. The van der Waals surface area contributed by atoms with Gasteiger partial charge in [0.15, 0.2) is 0 Å². The fourth-order valence-corrected chi connectivity index (χ4v) is 6.30. The van der Waals surface area contributed by atoms with Gasteiger partial charge in [-0.25, -0.2) is 0 Å². The van der Waals surface area contributed by atoms with Gasteiger partial charge in [-0.15, -0.1) is 0 Å². The van der Waals surface area contributed by atoms with Crippen molar-refractivity contribution < 1.29 is 14.4 Å². The van der Waals surface area contributed by atoms with Crippen molar-refractivity contribution in [1.82, 2.24) is 20.4 Å². The number of carbonyl (C=O) groups excluding carboxylic acids is 3. The Kier molecular flexibility index (Phi) is 5.46. The molecule has 0 aliphatic carbocycles. The summed E-state index contributed by atoms with van der Waals surface area (Å²) in [5.74, 6) is 0.254. The molecule has 5 aliphatic rings. The highest BCUT2D eigenvalue weighted by molar-refractivity contribution is 6.05. The molecule has 2 N–H and O–H groups in total. The van der Waals surface area contributed by atoms with E-state index in [-0.39, 0.29) is 24.1 Å². The number of hydrogen-bond acceptors (Lipinski definition) is 5. The zero-order chi connectivity index (χ0) is 23.2. The lowest BCUT2D eigenvalue weighted by atomic mass is 9.79. The number of nitrogens with zero attached hydrogens (tertiary/aromatic N) is 2. The minimum Gasteiger partial charge on any atom is -0.322 e. The highest BCUT2D eigenvalue weighted by Crippen LogP contribution is 2.38. The minimum absolute atomic E-state index is 0.103. The van der Waals surface area contributed by atoms with Gasteiger partial charge in [0.2, 0.25) is 11.8 Å². The fraction of sp³-hybridized carbons (Fsp3) is 0.444. The maximum absolute atomic E-state index is 13.1. The van der Waals surface area contributed by atoms with Gasteiger partial charge < -0.3 is 10.2 Å². The van der Waals surface area contributed by atoms with Crippen LogP contribution in [0.4, 0.5) is 0 Å². The molecule has 2 aromatic rings. The lowest BCUT2D eigenvalue weighted by Gasteiger charge is -2.33. The molecule has 0 spiro atoms. The molecule has 3 amide bonds. The molecule has 4 fully saturated rings. The number of piperidine rings is 2. The van der Waals surface area contributed by atoms with Crippen LogP contribution in [0.1, 0.15) is 52.2 Å². The predicted molar refractivity (Wildman–Crippen MR) is 127 cm³/mol. The van der Waals surface area contributed by atoms with Gasteiger partial charge in [0.1, 0.15) is 6.04 Å². The van der Waals surface area contributed by atoms with Crippen molar-refractivity contribution in [3.8, 4) is 0 Å². The molecule has 4 saturated heterocycles. The van der Waals surface area contributed by atoms with Crippen LogP contribution in [0.15, 0.2) is 48.5 Å². The van der Waals surface area contributed by atoms with Crippen LogP contribution in [-0.4, -0.2) is 59.2 Å². The molecule has 0 radical (unpaired) electrons. The third-order valence-electron chi connectivity index (χ3n) is 7.97. The molecule has 176 valence electrons. The summed E-state index contributed by atoms with van der Waals surface area (Å²) in [6.07, 6.45) is 1.77. The molecule has 2 bridgehead atoms. The molecule has 0 saturated carbocycles. The van der Waals surface area contributed by atoms with E-state index in [0.717, 1.165) is 38.2 Å². The van der Waals surface area contributed by atoms with Crippen molar-refractivity contribution in [1.29, 1.82) is 0 Å². The Morgan fingerprint density at radius 3 is 2.68 bits per heavy atom. The van der Waals surface area contributed by atoms with Gasteiger partial charge in [0.05, 0.1) is 0 Å². The van der Waals surface area contributed by atoms with E-state index in [0.29, 0.717) is 36.4 Å². The molecule has 7 rings (SSSR count). The van der Waals surface area contributed by atoms with Crippen molar-refractivity contribution in [3.63, 3.8) is 0 Å². The van der Waals surface area contributed by atoms with Gasteiger partial charge in [0.25, 0.3) is 5.91 Å². The highest BCUT2D eigenvalue weighted by Gasteiger charge is 2.41. The summed E-state index contributed by atoms with van der Waals surface area (Å²) in [4.78, 5) is 41.1. The summed E-state index contributed by atoms with van der Waals surface area (Å²) in [6.45, 7) is 4.53. The van der Waals surface area contributed by atoms with Crippen molar-refractivity contribution >= 4 is 17.7 Å². The maximum atomic E-state index is 13.1. The van der Waals surface area contributed by atoms with Crippen LogP contribution in [-0.2, 0) is 22.7 Å². The van der Waals surface area contributed by atoms with Gasteiger partial charge in [-0.2, -0.15) is 0 Å². The van der Waals surface area contributed by atoms with E-state index in [1.807, 2.05) is 6.07 Å². The van der Waals surface area contributed by atoms with E-state index in [1.165, 1.54) is 11.1 Å². The lowest BCUT2D eigenvalue weighted by molar-refractivity contribution is -0.136. The molecule has 7 nitrogen and oxygen atoms in total. The molecule has 5 heterocycles. The zero-order valence-electron chi connectivity index (χ0n) is 19.2. The average molecular weight is 459 g/mol. The number of carbonyl (C=O) groups is 3. The molecule has 5 aliphatic heterocycles. The SMILES string of the molecule is O=C1CCC(N2Cc3cc(C4CC5CN(Cc6ccccc6)CC4CN5)ccc3C2=O)C(=O)N1. The number of benzene rings is 2. The van der Waals surface area contributed by atoms with E-state index < -0.39 is 6.04 Å². The van der Waals surface area contributed by atoms with Crippen LogP contribution in [0.2, 0.25) is 0 Å². The number of fused-ring (bicyclic) bond motifs is 5. The van der Waals surface area contributed by atoms with Gasteiger partial charge in [-0.05, 0) is 47.4 Å². The molecular weight excluding hydrogens is 428 g/mol. The van der Waals surface area contributed by atoms with Gasteiger partial charge >= 0.3 is 0 Å². The van der Waals surface area contributed by atoms with Gasteiger partial charge in [0, 0.05) is 50.7 Å². The normalized spacial score (nSPS) is 29.2. The molecule has 0 aromatic heterocycles. The zero-order valence-corrected chi connectivity index (χ0v) is 19.2.